The van der Waals surface area contributed by atoms with E-state index in [0.29, 0.717) is 167 Å². The SMILES string of the molecule is CCC(CC)NC(=O)CCCCCCCCCCOc1cc(CO)cc(OCCCCCCCCCCC(=O)NC(CO[Si](C(C)C)(C(C)C)C(C)C)CO[Si](C(C)C)(C(C)C)C(C)C)c1OCCCCCCCCCCC(=O)CC(CO[Si](C(C)C)(C(C)C)C(C)C)CO[Si](C(C)C)(C(C)C)C(C)C. The topological polar surface area (TPSA) is 160 Å². The van der Waals surface area contributed by atoms with Crippen molar-refractivity contribution < 1.29 is 51.4 Å². The van der Waals surface area contributed by atoms with Crippen LogP contribution in [0.25, 0.3) is 0 Å². The lowest BCUT2D eigenvalue weighted by atomic mass is 10.00. The van der Waals surface area contributed by atoms with E-state index in [2.05, 4.69) is 191 Å². The van der Waals surface area contributed by atoms with Gasteiger partial charge in [0.2, 0.25) is 17.6 Å². The second-order valence-electron chi connectivity index (χ2n) is 35.8. The molecule has 13 nitrogen and oxygen atoms in total. The predicted molar refractivity (Wildman–Crippen MR) is 459 cm³/mol. The molecule has 1 rings (SSSR count). The molecule has 3 N–H and O–H groups in total. The number of unbranched alkanes of at least 4 members (excludes halogenated alkanes) is 21. The number of aliphatic hydroxyl groups is 1. The molecule has 0 aromatic heterocycles. The monoisotopic (exact) mass is 1550 g/mol. The first-order valence-corrected chi connectivity index (χ1v) is 52.5. The molecule has 105 heavy (non-hydrogen) atoms. The molecule has 0 saturated heterocycles. The van der Waals surface area contributed by atoms with Crippen LogP contribution in [0, 0.1) is 5.92 Å². The summed E-state index contributed by atoms with van der Waals surface area (Å²) >= 11 is 0. The summed E-state index contributed by atoms with van der Waals surface area (Å²) in [5, 5.41) is 17.1. The Hall–Kier alpha value is -2.10. The maximum absolute atomic E-state index is 13.8. The number of carbonyl (C=O) groups is 3. The van der Waals surface area contributed by atoms with E-state index in [9.17, 15) is 19.5 Å². The van der Waals surface area contributed by atoms with Crippen LogP contribution in [0.4, 0.5) is 0 Å². The lowest BCUT2D eigenvalue weighted by Crippen LogP contribution is -2.54. The van der Waals surface area contributed by atoms with Crippen molar-refractivity contribution in [1.82, 2.24) is 10.6 Å². The van der Waals surface area contributed by atoms with Crippen LogP contribution in [0.2, 0.25) is 66.5 Å². The summed E-state index contributed by atoms with van der Waals surface area (Å²) in [6, 6.07) is 3.97. The summed E-state index contributed by atoms with van der Waals surface area (Å²) in [7, 11) is -8.50. The summed E-state index contributed by atoms with van der Waals surface area (Å²) in [5.41, 5.74) is 6.49. The van der Waals surface area contributed by atoms with Gasteiger partial charge in [-0.15, -0.1) is 0 Å². The fraction of sp³-hybridized carbons (Fsp3) is 0.898. The fourth-order valence-electron chi connectivity index (χ4n) is 18.8. The molecule has 0 heterocycles. The minimum Gasteiger partial charge on any atom is -0.490 e. The zero-order chi connectivity index (χ0) is 79.3. The summed E-state index contributed by atoms with van der Waals surface area (Å²) in [6.45, 7) is 64.1. The normalized spacial score (nSPS) is 13.0. The molecule has 17 heteroatoms. The minimum absolute atomic E-state index is 0.0748. The van der Waals surface area contributed by atoms with Crippen molar-refractivity contribution in [2.45, 2.75) is 458 Å². The average molecular weight is 1550 g/mol. The highest BCUT2D eigenvalue weighted by molar-refractivity contribution is 6.79. The number of nitrogens with one attached hydrogen (secondary N) is 2. The number of aliphatic hydroxyl groups excluding tert-OH is 1. The Morgan fingerprint density at radius 2 is 0.581 bits per heavy atom. The first-order chi connectivity index (χ1) is 49.6. The highest BCUT2D eigenvalue weighted by atomic mass is 28.4. The maximum atomic E-state index is 13.8. The van der Waals surface area contributed by atoms with Gasteiger partial charge in [-0.2, -0.15) is 0 Å². The van der Waals surface area contributed by atoms with Crippen molar-refractivity contribution in [3.8, 4) is 17.2 Å². The van der Waals surface area contributed by atoms with Crippen LogP contribution in [-0.2, 0) is 38.7 Å². The lowest BCUT2D eigenvalue weighted by Gasteiger charge is -2.44. The Kier molecular flexibility index (Phi) is 53.2. The van der Waals surface area contributed by atoms with Crippen molar-refractivity contribution in [3.63, 3.8) is 0 Å². The van der Waals surface area contributed by atoms with Crippen LogP contribution in [0.3, 0.4) is 0 Å². The molecule has 1 aromatic rings. The van der Waals surface area contributed by atoms with Gasteiger partial charge in [0.15, 0.2) is 44.8 Å². The Balaban J connectivity index is 2.94. The molecule has 0 bridgehead atoms. The zero-order valence-corrected chi connectivity index (χ0v) is 77.7. The molecule has 0 fully saturated rings. The van der Waals surface area contributed by atoms with Crippen LogP contribution in [0.1, 0.15) is 378 Å². The van der Waals surface area contributed by atoms with Crippen molar-refractivity contribution in [2.75, 3.05) is 46.2 Å². The van der Waals surface area contributed by atoms with Gasteiger partial charge in [0.05, 0.1) is 45.7 Å². The molecule has 0 spiro atoms. The number of benzene rings is 1. The molecular weight excluding hydrogens is 1370 g/mol. The summed E-state index contributed by atoms with van der Waals surface area (Å²) in [5.74, 6) is 2.65. The Labute approximate surface area is 654 Å². The lowest BCUT2D eigenvalue weighted by molar-refractivity contribution is -0.123. The molecular formula is C88H174N2O11Si4. The molecule has 0 saturated carbocycles. The van der Waals surface area contributed by atoms with E-state index in [-0.39, 0.29) is 30.4 Å². The third kappa shape index (κ3) is 35.2. The molecule has 0 aliphatic heterocycles. The third-order valence-electron chi connectivity index (χ3n) is 24.2. The van der Waals surface area contributed by atoms with Gasteiger partial charge in [-0.1, -0.05) is 296 Å². The molecule has 0 radical (unpaired) electrons. The maximum Gasteiger partial charge on any atom is 0.220 e. The fourth-order valence-corrected chi connectivity index (χ4v) is 40.9. The molecule has 0 unspecified atom stereocenters. The molecule has 1 aromatic carbocycles. The highest BCUT2D eigenvalue weighted by Gasteiger charge is 2.50. The third-order valence-corrected chi connectivity index (χ3v) is 48.6. The van der Waals surface area contributed by atoms with Gasteiger partial charge in [0, 0.05) is 50.9 Å². The van der Waals surface area contributed by atoms with E-state index in [4.69, 9.17) is 31.9 Å². The summed E-state index contributed by atoms with van der Waals surface area (Å²) < 4.78 is 48.3. The van der Waals surface area contributed by atoms with Crippen LogP contribution in [-0.4, -0.2) is 114 Å². The van der Waals surface area contributed by atoms with Crippen LogP contribution in [0.5, 0.6) is 17.2 Å². The number of Topliss-reactive ketones (excluding diaryl/α,β-unsaturated/α-hetero) is 1. The van der Waals surface area contributed by atoms with Crippen molar-refractivity contribution >= 4 is 50.9 Å². The van der Waals surface area contributed by atoms with Crippen LogP contribution in [0.15, 0.2) is 12.1 Å². The van der Waals surface area contributed by atoms with E-state index in [1.807, 2.05) is 12.1 Å². The van der Waals surface area contributed by atoms with Crippen molar-refractivity contribution in [1.29, 1.82) is 0 Å². The molecule has 0 aliphatic rings. The van der Waals surface area contributed by atoms with Gasteiger partial charge < -0.3 is 47.7 Å². The van der Waals surface area contributed by atoms with E-state index in [1.165, 1.54) is 19.3 Å². The number of hydrogen-bond donors (Lipinski definition) is 3. The van der Waals surface area contributed by atoms with E-state index in [1.54, 1.807) is 0 Å². The van der Waals surface area contributed by atoms with Gasteiger partial charge in [-0.05, 0) is 136 Å². The smallest absolute Gasteiger partial charge is 0.220 e. The number of rotatable bonds is 67. The van der Waals surface area contributed by atoms with Gasteiger partial charge in [-0.25, -0.2) is 0 Å². The highest BCUT2D eigenvalue weighted by Crippen LogP contribution is 2.47. The number of ether oxygens (including phenoxy) is 3. The molecule has 0 atom stereocenters. The van der Waals surface area contributed by atoms with Crippen molar-refractivity contribution in [2.24, 2.45) is 5.92 Å². The van der Waals surface area contributed by atoms with Gasteiger partial charge >= 0.3 is 0 Å². The number of hydrogen-bond acceptors (Lipinski definition) is 11. The van der Waals surface area contributed by atoms with Crippen LogP contribution >= 0.6 is 0 Å². The van der Waals surface area contributed by atoms with E-state index in [0.717, 1.165) is 153 Å². The Bertz CT molecular complexity index is 2240. The number of ketones is 1. The predicted octanol–water partition coefficient (Wildman–Crippen LogP) is 26.0. The van der Waals surface area contributed by atoms with E-state index >= 15 is 0 Å². The first-order valence-electron chi connectivity index (χ1n) is 44.0. The largest absolute Gasteiger partial charge is 0.490 e. The second-order valence-corrected chi connectivity index (χ2v) is 57.7. The summed E-state index contributed by atoms with van der Waals surface area (Å²) in [6.07, 6.45) is 30.1. The molecule has 0 aliphatic carbocycles. The number of carbonyl (C=O) groups excluding carboxylic acids is 3. The van der Waals surface area contributed by atoms with Gasteiger partial charge in [-0.3, -0.25) is 14.4 Å². The first kappa shape index (κ1) is 101. The standard InChI is InChI=1S/C88H174N2O11Si4/c1-27-81(28-2)89-86(93)54-48-42-36-30-33-38-44-50-56-95-84-60-79(62-91)61-85(96-57-51-45-39-34-31-37-43-49-55-87(94)90-82(65-100-104(73(15)16,74(17)18)75(19)20)66-101-105(76(21)22,77(23)24)78(25)26)88(84)97-58-52-46-40-32-29-35-41-47-53-83(92)59-80(63-98-102(67(3)4,68(5)6)69(7)8)64-99-103(70(9)10,71(11)12)72(13)14/h60-61,67-78,80-82,91H,27-59,62-66H2,1-26H3,(H,89,93)(H,90,94). The van der Waals surface area contributed by atoms with E-state index < -0.39 is 33.3 Å². The summed E-state index contributed by atoms with van der Waals surface area (Å²) in [4.78, 5) is 39.9. The second kappa shape index (κ2) is 55.4. The Morgan fingerprint density at radius 3 is 0.857 bits per heavy atom. The molecule has 2 amide bonds. The van der Waals surface area contributed by atoms with Gasteiger partial charge in [0.25, 0.3) is 0 Å². The molecule has 618 valence electrons. The average Bonchev–Trinajstić information content (AvgIpc) is 0.820. The quantitative estimate of drug-likeness (QED) is 0.0421. The number of amides is 2. The van der Waals surface area contributed by atoms with Crippen molar-refractivity contribution in [3.05, 3.63) is 17.7 Å². The van der Waals surface area contributed by atoms with Crippen LogP contribution < -0.4 is 24.8 Å². The Morgan fingerprint density at radius 1 is 0.333 bits per heavy atom. The zero-order valence-electron chi connectivity index (χ0n) is 73.7. The minimum atomic E-state index is -2.14. The van der Waals surface area contributed by atoms with Gasteiger partial charge in [0.1, 0.15) is 5.78 Å².